The SMILES string of the molecule is CN=C(NCCNC(=O)C1CCCCC1)NCc1nc(C(C)C)cs1. The molecule has 1 heterocycles. The van der Waals surface area contributed by atoms with Crippen molar-refractivity contribution in [3.8, 4) is 0 Å². The highest BCUT2D eigenvalue weighted by atomic mass is 32.1. The van der Waals surface area contributed by atoms with Crippen LogP contribution in [0.15, 0.2) is 10.4 Å². The predicted octanol–water partition coefficient (Wildman–Crippen LogP) is 2.63. The third-order valence-corrected chi connectivity index (χ3v) is 5.35. The summed E-state index contributed by atoms with van der Waals surface area (Å²) in [6.45, 7) is 6.23. The largest absolute Gasteiger partial charge is 0.355 e. The fraction of sp³-hybridized carbons (Fsp3) is 0.722. The van der Waals surface area contributed by atoms with E-state index < -0.39 is 0 Å². The van der Waals surface area contributed by atoms with Gasteiger partial charge in [-0.3, -0.25) is 9.79 Å². The number of guanidine groups is 1. The molecule has 0 atom stereocenters. The highest BCUT2D eigenvalue weighted by Crippen LogP contribution is 2.23. The van der Waals surface area contributed by atoms with Crippen LogP contribution >= 0.6 is 11.3 Å². The zero-order chi connectivity index (χ0) is 18.1. The monoisotopic (exact) mass is 365 g/mol. The van der Waals surface area contributed by atoms with Crippen LogP contribution in [0.3, 0.4) is 0 Å². The van der Waals surface area contributed by atoms with Gasteiger partial charge in [-0.1, -0.05) is 33.1 Å². The van der Waals surface area contributed by atoms with E-state index in [2.05, 4.69) is 45.2 Å². The fourth-order valence-electron chi connectivity index (χ4n) is 2.93. The highest BCUT2D eigenvalue weighted by molar-refractivity contribution is 7.09. The molecule has 0 aromatic carbocycles. The lowest BCUT2D eigenvalue weighted by molar-refractivity contribution is -0.125. The van der Waals surface area contributed by atoms with E-state index in [1.165, 1.54) is 19.3 Å². The normalized spacial score (nSPS) is 16.1. The molecular formula is C18H31N5OS. The highest BCUT2D eigenvalue weighted by Gasteiger charge is 2.20. The molecule has 1 saturated carbocycles. The van der Waals surface area contributed by atoms with Crippen LogP contribution in [0, 0.1) is 5.92 Å². The van der Waals surface area contributed by atoms with E-state index in [9.17, 15) is 4.79 Å². The van der Waals surface area contributed by atoms with Gasteiger partial charge in [0.15, 0.2) is 5.96 Å². The topological polar surface area (TPSA) is 78.4 Å². The summed E-state index contributed by atoms with van der Waals surface area (Å²) in [4.78, 5) is 20.9. The van der Waals surface area contributed by atoms with Gasteiger partial charge in [-0.15, -0.1) is 11.3 Å². The maximum Gasteiger partial charge on any atom is 0.223 e. The number of rotatable bonds is 7. The molecule has 1 aliphatic carbocycles. The Balaban J connectivity index is 1.63. The number of hydrogen-bond acceptors (Lipinski definition) is 4. The van der Waals surface area contributed by atoms with Gasteiger partial charge in [-0.25, -0.2) is 4.98 Å². The lowest BCUT2D eigenvalue weighted by Crippen LogP contribution is -2.42. The van der Waals surface area contributed by atoms with Crippen molar-refractivity contribution in [3.63, 3.8) is 0 Å². The van der Waals surface area contributed by atoms with Crippen LogP contribution in [0.1, 0.15) is 62.6 Å². The molecule has 7 heteroatoms. The number of nitrogens with one attached hydrogen (secondary N) is 3. The van der Waals surface area contributed by atoms with Crippen LogP contribution in [0.4, 0.5) is 0 Å². The van der Waals surface area contributed by atoms with Gasteiger partial charge in [0.05, 0.1) is 12.2 Å². The van der Waals surface area contributed by atoms with Crippen molar-refractivity contribution < 1.29 is 4.79 Å². The maximum absolute atomic E-state index is 12.1. The quantitative estimate of drug-likeness (QED) is 0.394. The summed E-state index contributed by atoms with van der Waals surface area (Å²) in [6.07, 6.45) is 5.71. The summed E-state index contributed by atoms with van der Waals surface area (Å²) in [6, 6.07) is 0. The van der Waals surface area contributed by atoms with Crippen molar-refractivity contribution in [1.82, 2.24) is 20.9 Å². The van der Waals surface area contributed by atoms with E-state index in [1.54, 1.807) is 18.4 Å². The van der Waals surface area contributed by atoms with E-state index in [0.717, 1.165) is 29.5 Å². The Bertz CT molecular complexity index is 564. The number of carbonyl (C=O) groups is 1. The van der Waals surface area contributed by atoms with Crippen molar-refractivity contribution in [1.29, 1.82) is 0 Å². The summed E-state index contributed by atoms with van der Waals surface area (Å²) < 4.78 is 0. The van der Waals surface area contributed by atoms with Crippen molar-refractivity contribution in [2.45, 2.75) is 58.4 Å². The second-order valence-electron chi connectivity index (χ2n) is 6.80. The maximum atomic E-state index is 12.1. The number of amides is 1. The molecule has 0 bridgehead atoms. The summed E-state index contributed by atoms with van der Waals surface area (Å²) in [5.74, 6) is 1.60. The van der Waals surface area contributed by atoms with Crippen LogP contribution in [0.5, 0.6) is 0 Å². The molecule has 1 fully saturated rings. The number of thiazole rings is 1. The zero-order valence-electron chi connectivity index (χ0n) is 15.6. The van der Waals surface area contributed by atoms with Crippen LogP contribution in [-0.2, 0) is 11.3 Å². The molecular weight excluding hydrogens is 334 g/mol. The summed E-state index contributed by atoms with van der Waals surface area (Å²) in [5.41, 5.74) is 1.13. The molecule has 3 N–H and O–H groups in total. The first-order valence-corrected chi connectivity index (χ1v) is 10.1. The summed E-state index contributed by atoms with van der Waals surface area (Å²) >= 11 is 1.67. The van der Waals surface area contributed by atoms with Gasteiger partial charge in [0.1, 0.15) is 5.01 Å². The van der Waals surface area contributed by atoms with Crippen molar-refractivity contribution in [2.75, 3.05) is 20.1 Å². The minimum atomic E-state index is 0.202. The molecule has 2 rings (SSSR count). The van der Waals surface area contributed by atoms with Gasteiger partial charge in [0, 0.05) is 31.4 Å². The Morgan fingerprint density at radius 3 is 2.60 bits per heavy atom. The Morgan fingerprint density at radius 1 is 1.24 bits per heavy atom. The second kappa shape index (κ2) is 10.4. The van der Waals surface area contributed by atoms with Gasteiger partial charge >= 0.3 is 0 Å². The second-order valence-corrected chi connectivity index (χ2v) is 7.74. The number of hydrogen-bond donors (Lipinski definition) is 3. The lowest BCUT2D eigenvalue weighted by atomic mass is 9.89. The molecule has 0 aliphatic heterocycles. The molecule has 6 nitrogen and oxygen atoms in total. The minimum Gasteiger partial charge on any atom is -0.355 e. The Morgan fingerprint density at radius 2 is 1.96 bits per heavy atom. The number of aromatic nitrogens is 1. The zero-order valence-corrected chi connectivity index (χ0v) is 16.4. The third kappa shape index (κ3) is 6.65. The van der Waals surface area contributed by atoms with Gasteiger partial charge in [0.2, 0.25) is 5.91 Å². The Labute approximate surface area is 154 Å². The predicted molar refractivity (Wildman–Crippen MR) is 104 cm³/mol. The molecule has 0 unspecified atom stereocenters. The van der Waals surface area contributed by atoms with Gasteiger partial charge in [0.25, 0.3) is 0 Å². The molecule has 0 spiro atoms. The van der Waals surface area contributed by atoms with Gasteiger partial charge in [-0.2, -0.15) is 0 Å². The fourth-order valence-corrected chi connectivity index (χ4v) is 3.82. The van der Waals surface area contributed by atoms with E-state index in [1.807, 2.05) is 0 Å². The first kappa shape index (κ1) is 19.7. The standard InChI is InChI=1S/C18H31N5OS/c1-13(2)15-12-25-16(23-15)11-22-18(19-3)21-10-9-20-17(24)14-7-5-4-6-8-14/h12-14H,4-11H2,1-3H3,(H,20,24)(H2,19,21,22). The van der Waals surface area contributed by atoms with Crippen molar-refractivity contribution >= 4 is 23.2 Å². The van der Waals surface area contributed by atoms with E-state index in [-0.39, 0.29) is 11.8 Å². The van der Waals surface area contributed by atoms with E-state index in [0.29, 0.717) is 25.6 Å². The molecule has 0 saturated heterocycles. The first-order chi connectivity index (χ1) is 12.1. The van der Waals surface area contributed by atoms with Crippen molar-refractivity contribution in [3.05, 3.63) is 16.1 Å². The van der Waals surface area contributed by atoms with Crippen LogP contribution in [0.25, 0.3) is 0 Å². The molecule has 1 aromatic rings. The smallest absolute Gasteiger partial charge is 0.223 e. The number of carbonyl (C=O) groups excluding carboxylic acids is 1. The molecule has 1 aromatic heterocycles. The van der Waals surface area contributed by atoms with Crippen LogP contribution in [0.2, 0.25) is 0 Å². The summed E-state index contributed by atoms with van der Waals surface area (Å²) in [5, 5.41) is 12.7. The van der Waals surface area contributed by atoms with E-state index in [4.69, 9.17) is 0 Å². The van der Waals surface area contributed by atoms with Gasteiger partial charge < -0.3 is 16.0 Å². The average molecular weight is 366 g/mol. The molecule has 25 heavy (non-hydrogen) atoms. The van der Waals surface area contributed by atoms with Crippen LogP contribution in [-0.4, -0.2) is 37.0 Å². The molecule has 0 radical (unpaired) electrons. The number of aliphatic imine (C=N–C) groups is 1. The molecule has 1 aliphatic rings. The Kier molecular flexibility index (Phi) is 8.18. The van der Waals surface area contributed by atoms with Crippen molar-refractivity contribution in [2.24, 2.45) is 10.9 Å². The van der Waals surface area contributed by atoms with Gasteiger partial charge in [-0.05, 0) is 18.8 Å². The third-order valence-electron chi connectivity index (χ3n) is 4.48. The average Bonchev–Trinajstić information content (AvgIpc) is 3.11. The molecule has 140 valence electrons. The molecule has 1 amide bonds. The Hall–Kier alpha value is -1.63. The lowest BCUT2D eigenvalue weighted by Gasteiger charge is -2.20. The first-order valence-electron chi connectivity index (χ1n) is 9.26. The van der Waals surface area contributed by atoms with Crippen LogP contribution < -0.4 is 16.0 Å². The van der Waals surface area contributed by atoms with E-state index >= 15 is 0 Å². The minimum absolute atomic E-state index is 0.202. The number of nitrogens with zero attached hydrogens (tertiary/aromatic N) is 2. The summed E-state index contributed by atoms with van der Waals surface area (Å²) in [7, 11) is 1.75.